The summed E-state index contributed by atoms with van der Waals surface area (Å²) in [4.78, 5) is 22.0. The first-order chi connectivity index (χ1) is 7.58. The smallest absolute Gasteiger partial charge is 0.371 e. The molecule has 2 rings (SSSR count). The molecule has 1 aliphatic carbocycles. The van der Waals surface area contributed by atoms with Crippen LogP contribution < -0.4 is 5.32 Å². The molecule has 1 aliphatic rings. The van der Waals surface area contributed by atoms with Gasteiger partial charge in [0.2, 0.25) is 11.7 Å². The Bertz CT molecular complexity index is 423. The molecule has 5 nitrogen and oxygen atoms in total. The van der Waals surface area contributed by atoms with Gasteiger partial charge in [-0.2, -0.15) is 0 Å². The van der Waals surface area contributed by atoms with Crippen molar-refractivity contribution in [2.45, 2.75) is 19.9 Å². The van der Waals surface area contributed by atoms with Crippen LogP contribution in [0.2, 0.25) is 0 Å². The number of nitrogens with one attached hydrogen (secondary N) is 1. The highest BCUT2D eigenvalue weighted by Crippen LogP contribution is 2.37. The van der Waals surface area contributed by atoms with Crippen LogP contribution in [0, 0.1) is 11.8 Å². The minimum Gasteiger partial charge on any atom is -0.475 e. The van der Waals surface area contributed by atoms with Crippen LogP contribution in [0.5, 0.6) is 0 Å². The first-order valence-corrected chi connectivity index (χ1v) is 5.17. The summed E-state index contributed by atoms with van der Waals surface area (Å²) < 4.78 is 5.01. The van der Waals surface area contributed by atoms with E-state index in [0.29, 0.717) is 11.7 Å². The van der Waals surface area contributed by atoms with E-state index in [0.717, 1.165) is 6.42 Å². The molecule has 1 heterocycles. The molecule has 0 spiro atoms. The average molecular weight is 223 g/mol. The minimum absolute atomic E-state index is 0.0146. The number of amides is 1. The van der Waals surface area contributed by atoms with Crippen molar-refractivity contribution in [2.24, 2.45) is 11.8 Å². The molecule has 1 aromatic rings. The monoisotopic (exact) mass is 223 g/mol. The third kappa shape index (κ3) is 2.24. The predicted molar refractivity (Wildman–Crippen MR) is 54.8 cm³/mol. The lowest BCUT2D eigenvalue weighted by Gasteiger charge is -2.01. The van der Waals surface area contributed by atoms with E-state index < -0.39 is 5.97 Å². The number of aromatic carboxylic acids is 1. The summed E-state index contributed by atoms with van der Waals surface area (Å²) in [6.45, 7) is 2.27. The Kier molecular flexibility index (Phi) is 2.68. The second kappa shape index (κ2) is 4.00. The van der Waals surface area contributed by atoms with Crippen molar-refractivity contribution in [3.63, 3.8) is 0 Å². The van der Waals surface area contributed by atoms with E-state index >= 15 is 0 Å². The fourth-order valence-electron chi connectivity index (χ4n) is 1.58. The largest absolute Gasteiger partial charge is 0.475 e. The van der Waals surface area contributed by atoms with Gasteiger partial charge in [0.1, 0.15) is 5.76 Å². The van der Waals surface area contributed by atoms with Crippen LogP contribution in [0.3, 0.4) is 0 Å². The van der Waals surface area contributed by atoms with E-state index in [9.17, 15) is 9.59 Å². The van der Waals surface area contributed by atoms with Crippen LogP contribution in [0.1, 0.15) is 29.7 Å². The minimum atomic E-state index is -1.10. The molecule has 0 bridgehead atoms. The van der Waals surface area contributed by atoms with Crippen molar-refractivity contribution in [3.05, 3.63) is 23.7 Å². The van der Waals surface area contributed by atoms with Gasteiger partial charge in [-0.1, -0.05) is 6.92 Å². The molecule has 2 unspecified atom stereocenters. The Morgan fingerprint density at radius 3 is 2.75 bits per heavy atom. The average Bonchev–Trinajstić information content (AvgIpc) is 2.80. The van der Waals surface area contributed by atoms with E-state index in [1.54, 1.807) is 6.07 Å². The Hall–Kier alpha value is -1.78. The second-order valence-electron chi connectivity index (χ2n) is 4.11. The zero-order valence-corrected chi connectivity index (χ0v) is 8.90. The van der Waals surface area contributed by atoms with Gasteiger partial charge in [-0.15, -0.1) is 0 Å². The lowest BCUT2D eigenvalue weighted by Crippen LogP contribution is -2.24. The van der Waals surface area contributed by atoms with Crippen LogP contribution in [-0.2, 0) is 11.3 Å². The Morgan fingerprint density at radius 1 is 1.56 bits per heavy atom. The maximum atomic E-state index is 11.5. The lowest BCUT2D eigenvalue weighted by atomic mass is 10.3. The summed E-state index contributed by atoms with van der Waals surface area (Å²) >= 11 is 0. The molecule has 5 heteroatoms. The number of furan rings is 1. The number of carboxylic acid groups (broad SMARTS) is 1. The number of hydrogen-bond donors (Lipinski definition) is 2. The molecule has 0 aliphatic heterocycles. The number of carboxylic acids is 1. The fraction of sp³-hybridized carbons (Fsp3) is 0.455. The SMILES string of the molecule is CC1CC1C(=O)NCc1ccc(C(=O)O)o1. The van der Waals surface area contributed by atoms with Crippen LogP contribution in [0.15, 0.2) is 16.5 Å². The predicted octanol–water partition coefficient (Wildman–Crippen LogP) is 1.25. The van der Waals surface area contributed by atoms with Crippen molar-refractivity contribution in [2.75, 3.05) is 0 Å². The van der Waals surface area contributed by atoms with Crippen LogP contribution >= 0.6 is 0 Å². The van der Waals surface area contributed by atoms with Gasteiger partial charge in [0, 0.05) is 5.92 Å². The quantitative estimate of drug-likeness (QED) is 0.805. The third-order valence-corrected chi connectivity index (χ3v) is 2.76. The number of hydrogen-bond acceptors (Lipinski definition) is 3. The van der Waals surface area contributed by atoms with E-state index in [-0.39, 0.29) is 24.1 Å². The second-order valence-corrected chi connectivity index (χ2v) is 4.11. The van der Waals surface area contributed by atoms with Crippen LogP contribution in [-0.4, -0.2) is 17.0 Å². The zero-order valence-electron chi connectivity index (χ0n) is 8.90. The Balaban J connectivity index is 1.85. The number of carbonyl (C=O) groups is 2. The van der Waals surface area contributed by atoms with Gasteiger partial charge in [0.15, 0.2) is 0 Å². The van der Waals surface area contributed by atoms with Crippen LogP contribution in [0.4, 0.5) is 0 Å². The van der Waals surface area contributed by atoms with E-state index in [2.05, 4.69) is 5.32 Å². The molecule has 86 valence electrons. The summed E-state index contributed by atoms with van der Waals surface area (Å²) in [5.41, 5.74) is 0. The van der Waals surface area contributed by atoms with Crippen molar-refractivity contribution in [3.8, 4) is 0 Å². The Morgan fingerprint density at radius 2 is 2.25 bits per heavy atom. The van der Waals surface area contributed by atoms with Gasteiger partial charge in [0.25, 0.3) is 0 Å². The van der Waals surface area contributed by atoms with Gasteiger partial charge in [-0.25, -0.2) is 4.79 Å². The standard InChI is InChI=1S/C11H13NO4/c1-6-4-8(6)10(13)12-5-7-2-3-9(16-7)11(14)15/h2-3,6,8H,4-5H2,1H3,(H,12,13)(H,14,15). The van der Waals surface area contributed by atoms with Gasteiger partial charge < -0.3 is 14.8 Å². The van der Waals surface area contributed by atoms with E-state index in [4.69, 9.17) is 9.52 Å². The molecule has 1 amide bonds. The number of rotatable bonds is 4. The molecule has 0 radical (unpaired) electrons. The van der Waals surface area contributed by atoms with Crippen molar-refractivity contribution in [1.29, 1.82) is 0 Å². The lowest BCUT2D eigenvalue weighted by molar-refractivity contribution is -0.122. The number of carbonyl (C=O) groups excluding carboxylic acids is 1. The fourth-order valence-corrected chi connectivity index (χ4v) is 1.58. The summed E-state index contributed by atoms with van der Waals surface area (Å²) in [5, 5.41) is 11.3. The van der Waals surface area contributed by atoms with E-state index in [1.165, 1.54) is 6.07 Å². The molecule has 2 atom stereocenters. The summed E-state index contributed by atoms with van der Waals surface area (Å²) in [6, 6.07) is 2.93. The molecule has 1 aromatic heterocycles. The zero-order chi connectivity index (χ0) is 11.7. The van der Waals surface area contributed by atoms with Gasteiger partial charge >= 0.3 is 5.97 Å². The van der Waals surface area contributed by atoms with Gasteiger partial charge in [-0.05, 0) is 24.5 Å². The highest BCUT2D eigenvalue weighted by Gasteiger charge is 2.38. The first kappa shape index (κ1) is 10.7. The molecule has 1 saturated carbocycles. The highest BCUT2D eigenvalue weighted by atomic mass is 16.4. The summed E-state index contributed by atoms with van der Waals surface area (Å²) in [6.07, 6.45) is 0.935. The summed E-state index contributed by atoms with van der Waals surface area (Å²) in [7, 11) is 0. The molecule has 0 saturated heterocycles. The molecule has 1 fully saturated rings. The first-order valence-electron chi connectivity index (χ1n) is 5.17. The van der Waals surface area contributed by atoms with Crippen LogP contribution in [0.25, 0.3) is 0 Å². The van der Waals surface area contributed by atoms with Crippen molar-refractivity contribution >= 4 is 11.9 Å². The Labute approximate surface area is 92.4 Å². The van der Waals surface area contributed by atoms with Gasteiger partial charge in [-0.3, -0.25) is 4.79 Å². The van der Waals surface area contributed by atoms with Crippen molar-refractivity contribution in [1.82, 2.24) is 5.32 Å². The maximum absolute atomic E-state index is 11.5. The topological polar surface area (TPSA) is 79.5 Å². The molecule has 16 heavy (non-hydrogen) atoms. The highest BCUT2D eigenvalue weighted by molar-refractivity contribution is 5.84. The van der Waals surface area contributed by atoms with E-state index in [1.807, 2.05) is 6.92 Å². The van der Waals surface area contributed by atoms with Crippen molar-refractivity contribution < 1.29 is 19.1 Å². The summed E-state index contributed by atoms with van der Waals surface area (Å²) in [5.74, 6) is -0.155. The molecular weight excluding hydrogens is 210 g/mol. The maximum Gasteiger partial charge on any atom is 0.371 e. The van der Waals surface area contributed by atoms with Gasteiger partial charge in [0.05, 0.1) is 6.54 Å². The molecular formula is C11H13NO4. The molecule has 0 aromatic carbocycles. The third-order valence-electron chi connectivity index (χ3n) is 2.76. The normalized spacial score (nSPS) is 22.8. The molecule has 2 N–H and O–H groups in total.